The fourth-order valence-electron chi connectivity index (χ4n) is 0.899. The van der Waals surface area contributed by atoms with Crippen LogP contribution < -0.4 is 0 Å². The Morgan fingerprint density at radius 2 is 1.93 bits per heavy atom. The lowest BCUT2D eigenvalue weighted by atomic mass is 10.2. The monoisotopic (exact) mass is 272 g/mol. The molecule has 0 aromatic heterocycles. The first-order valence-corrected chi connectivity index (χ1v) is 5.96. The fraction of sp³-hybridized carbons (Fsp3) is 0.417. The van der Waals surface area contributed by atoms with E-state index in [2.05, 4.69) is 15.9 Å². The van der Waals surface area contributed by atoms with Crippen molar-refractivity contribution < 1.29 is 9.53 Å². The maximum atomic E-state index is 11.4. The first-order chi connectivity index (χ1) is 7.25. The van der Waals surface area contributed by atoms with Crippen LogP contribution in [0.25, 0.3) is 0 Å². The molecule has 1 rings (SSSR count). The van der Waals surface area contributed by atoms with Crippen LogP contribution in [-0.4, -0.2) is 12.6 Å². The lowest BCUT2D eigenvalue weighted by Gasteiger charge is -2.03. The molecule has 1 aromatic carbocycles. The van der Waals surface area contributed by atoms with Gasteiger partial charge in [0.25, 0.3) is 0 Å². The summed E-state index contributed by atoms with van der Waals surface area (Å²) in [4.78, 5) is 11.4. The molecule has 0 N–H and O–H groups in total. The summed E-state index contributed by atoms with van der Waals surface area (Å²) in [6.45, 7) is 6.44. The molecule has 0 saturated carbocycles. The Morgan fingerprint density at radius 1 is 1.33 bits per heavy atom. The standard InChI is InChI=1S/C10H11BrO2.C2H6/c1-2-7-13-10(12)8-5-3-4-6-9(8)11;1-2/h3-6H,2,7H2,1H3;1-2H3. The molecule has 3 heteroatoms. The van der Waals surface area contributed by atoms with Gasteiger partial charge >= 0.3 is 5.97 Å². The zero-order chi connectivity index (χ0) is 11.7. The molecule has 0 heterocycles. The highest BCUT2D eigenvalue weighted by molar-refractivity contribution is 9.10. The molecule has 1 aromatic rings. The molecule has 0 spiro atoms. The molecular weight excluding hydrogens is 256 g/mol. The number of carbonyl (C=O) groups is 1. The molecule has 84 valence electrons. The summed E-state index contributed by atoms with van der Waals surface area (Å²) < 4.78 is 5.76. The van der Waals surface area contributed by atoms with Crippen molar-refractivity contribution in [3.05, 3.63) is 34.3 Å². The van der Waals surface area contributed by atoms with Crippen LogP contribution in [0, 0.1) is 0 Å². The maximum absolute atomic E-state index is 11.4. The highest BCUT2D eigenvalue weighted by Gasteiger charge is 2.09. The molecule has 0 bridgehead atoms. The van der Waals surface area contributed by atoms with Crippen molar-refractivity contribution in [1.29, 1.82) is 0 Å². The van der Waals surface area contributed by atoms with Gasteiger partial charge in [-0.25, -0.2) is 4.79 Å². The second-order valence-corrected chi connectivity index (χ2v) is 3.47. The highest BCUT2D eigenvalue weighted by Crippen LogP contribution is 2.16. The Hall–Kier alpha value is -0.830. The molecule has 0 saturated heterocycles. The Bertz CT molecular complexity index is 297. The number of hydrogen-bond donors (Lipinski definition) is 0. The van der Waals surface area contributed by atoms with Crippen molar-refractivity contribution in [1.82, 2.24) is 0 Å². The Morgan fingerprint density at radius 3 is 2.47 bits per heavy atom. The number of esters is 1. The van der Waals surface area contributed by atoms with E-state index in [0.29, 0.717) is 12.2 Å². The number of ether oxygens (including phenoxy) is 1. The Labute approximate surface area is 99.8 Å². The van der Waals surface area contributed by atoms with Gasteiger partial charge in [0.15, 0.2) is 0 Å². The maximum Gasteiger partial charge on any atom is 0.339 e. The van der Waals surface area contributed by atoms with E-state index in [1.54, 1.807) is 6.07 Å². The Balaban J connectivity index is 0.000000921. The van der Waals surface area contributed by atoms with Gasteiger partial charge < -0.3 is 4.74 Å². The summed E-state index contributed by atoms with van der Waals surface area (Å²) in [5.41, 5.74) is 0.580. The van der Waals surface area contributed by atoms with Crippen LogP contribution in [0.3, 0.4) is 0 Å². The van der Waals surface area contributed by atoms with E-state index in [-0.39, 0.29) is 5.97 Å². The van der Waals surface area contributed by atoms with Gasteiger partial charge in [-0.05, 0) is 34.5 Å². The molecule has 0 unspecified atom stereocenters. The Kier molecular flexibility index (Phi) is 8.01. The molecule has 0 radical (unpaired) electrons. The van der Waals surface area contributed by atoms with Crippen molar-refractivity contribution >= 4 is 21.9 Å². The molecule has 2 nitrogen and oxygen atoms in total. The van der Waals surface area contributed by atoms with Crippen LogP contribution >= 0.6 is 15.9 Å². The number of carbonyl (C=O) groups excluding carboxylic acids is 1. The summed E-state index contributed by atoms with van der Waals surface area (Å²) in [6.07, 6.45) is 0.843. The van der Waals surface area contributed by atoms with E-state index in [1.807, 2.05) is 39.0 Å². The molecule has 0 amide bonds. The van der Waals surface area contributed by atoms with Crippen LogP contribution in [0.5, 0.6) is 0 Å². The summed E-state index contributed by atoms with van der Waals surface area (Å²) in [7, 11) is 0. The third-order valence-electron chi connectivity index (χ3n) is 1.53. The molecule has 0 aliphatic carbocycles. The average molecular weight is 273 g/mol. The topological polar surface area (TPSA) is 26.3 Å². The highest BCUT2D eigenvalue weighted by atomic mass is 79.9. The van der Waals surface area contributed by atoms with E-state index in [1.165, 1.54) is 0 Å². The fourth-order valence-corrected chi connectivity index (χ4v) is 1.35. The lowest BCUT2D eigenvalue weighted by Crippen LogP contribution is -2.06. The van der Waals surface area contributed by atoms with E-state index < -0.39 is 0 Å². The first kappa shape index (κ1) is 14.2. The summed E-state index contributed by atoms with van der Waals surface area (Å²) in [6, 6.07) is 7.23. The second-order valence-electron chi connectivity index (χ2n) is 2.62. The predicted molar refractivity (Wildman–Crippen MR) is 66.1 cm³/mol. The van der Waals surface area contributed by atoms with Crippen LogP contribution in [0.15, 0.2) is 28.7 Å². The zero-order valence-corrected chi connectivity index (χ0v) is 11.0. The van der Waals surface area contributed by atoms with Gasteiger partial charge in [-0.2, -0.15) is 0 Å². The van der Waals surface area contributed by atoms with Crippen LogP contribution in [0.4, 0.5) is 0 Å². The molecule has 0 fully saturated rings. The average Bonchev–Trinajstić information content (AvgIpc) is 2.29. The van der Waals surface area contributed by atoms with Crippen LogP contribution in [0.2, 0.25) is 0 Å². The van der Waals surface area contributed by atoms with E-state index >= 15 is 0 Å². The number of hydrogen-bond acceptors (Lipinski definition) is 2. The molecular formula is C12H17BrO2. The third kappa shape index (κ3) is 4.98. The van der Waals surface area contributed by atoms with E-state index in [9.17, 15) is 4.79 Å². The normalized spacial score (nSPS) is 8.80. The van der Waals surface area contributed by atoms with Gasteiger partial charge in [-0.15, -0.1) is 0 Å². The number of benzene rings is 1. The van der Waals surface area contributed by atoms with Gasteiger partial charge in [0, 0.05) is 4.47 Å². The molecule has 15 heavy (non-hydrogen) atoms. The quantitative estimate of drug-likeness (QED) is 0.777. The van der Waals surface area contributed by atoms with Gasteiger partial charge in [-0.1, -0.05) is 32.9 Å². The van der Waals surface area contributed by atoms with Gasteiger partial charge in [0.2, 0.25) is 0 Å². The summed E-state index contributed by atoms with van der Waals surface area (Å²) >= 11 is 3.29. The summed E-state index contributed by atoms with van der Waals surface area (Å²) in [5.74, 6) is -0.269. The first-order valence-electron chi connectivity index (χ1n) is 5.17. The van der Waals surface area contributed by atoms with Crippen molar-refractivity contribution in [2.45, 2.75) is 27.2 Å². The number of rotatable bonds is 3. The summed E-state index contributed by atoms with van der Waals surface area (Å²) in [5, 5.41) is 0. The SMILES string of the molecule is CC.CCCOC(=O)c1ccccc1Br. The van der Waals surface area contributed by atoms with Crippen molar-refractivity contribution in [3.63, 3.8) is 0 Å². The molecule has 0 atom stereocenters. The van der Waals surface area contributed by atoms with Crippen molar-refractivity contribution in [2.75, 3.05) is 6.61 Å². The third-order valence-corrected chi connectivity index (χ3v) is 2.22. The van der Waals surface area contributed by atoms with E-state index in [0.717, 1.165) is 10.9 Å². The van der Waals surface area contributed by atoms with Gasteiger partial charge in [0.05, 0.1) is 12.2 Å². The van der Waals surface area contributed by atoms with Crippen LogP contribution in [0.1, 0.15) is 37.6 Å². The van der Waals surface area contributed by atoms with Gasteiger partial charge in [0.1, 0.15) is 0 Å². The minimum Gasteiger partial charge on any atom is -0.462 e. The van der Waals surface area contributed by atoms with Crippen molar-refractivity contribution in [3.8, 4) is 0 Å². The zero-order valence-electron chi connectivity index (χ0n) is 9.42. The van der Waals surface area contributed by atoms with Crippen LogP contribution in [-0.2, 0) is 4.74 Å². The second kappa shape index (κ2) is 8.48. The molecule has 0 aliphatic rings. The van der Waals surface area contributed by atoms with Crippen molar-refractivity contribution in [2.24, 2.45) is 0 Å². The van der Waals surface area contributed by atoms with Gasteiger partial charge in [-0.3, -0.25) is 0 Å². The largest absolute Gasteiger partial charge is 0.462 e. The predicted octanol–water partition coefficient (Wildman–Crippen LogP) is 4.04. The minimum absolute atomic E-state index is 0.269. The van der Waals surface area contributed by atoms with E-state index in [4.69, 9.17) is 4.74 Å². The molecule has 0 aliphatic heterocycles. The minimum atomic E-state index is -0.269. The lowest BCUT2D eigenvalue weighted by molar-refractivity contribution is 0.0504. The number of halogens is 1. The smallest absolute Gasteiger partial charge is 0.339 e.